The summed E-state index contributed by atoms with van der Waals surface area (Å²) >= 11 is 0. The van der Waals surface area contributed by atoms with Crippen LogP contribution in [0.5, 0.6) is 0 Å². The van der Waals surface area contributed by atoms with Crippen molar-refractivity contribution in [2.24, 2.45) is 0 Å². The molecule has 18 nitrogen and oxygen atoms in total. The second-order valence-electron chi connectivity index (χ2n) is 5.82. The number of esters is 2. The molecule has 0 aromatic rings. The standard InChI is InChI=1S/2C6H8O9S.Ca/c2*7-1-2(8)6(16(12,13)14)4(10)3(9)5(11)15-6;/h2*2,7-10H,1H2,(H,12,13,14);/q;;+2/p-2/t2*2-,6-;/m00./s1. The molecule has 0 aliphatic carbocycles. The van der Waals surface area contributed by atoms with Crippen LogP contribution in [0.3, 0.4) is 0 Å². The SMILES string of the molecule is O=C1O[C@@]([C@@H](O)CO)(S(=O)(=O)O)C([O-])=C1O.O=C1O[C@@]([C@@H](O)CO)(S(=O)(=O)O)C([O-])=C1O.[Ca+2]. The Morgan fingerprint density at radius 2 is 1.00 bits per heavy atom. The molecule has 2 aliphatic rings. The van der Waals surface area contributed by atoms with Gasteiger partial charge in [0.15, 0.2) is 11.5 Å². The van der Waals surface area contributed by atoms with Crippen LogP contribution >= 0.6 is 0 Å². The Labute approximate surface area is 213 Å². The molecule has 0 bridgehead atoms. The van der Waals surface area contributed by atoms with E-state index in [9.17, 15) is 36.6 Å². The first-order chi connectivity index (χ1) is 14.4. The Hall–Kier alpha value is -1.46. The van der Waals surface area contributed by atoms with E-state index in [4.69, 9.17) is 39.7 Å². The molecule has 4 atom stereocenters. The summed E-state index contributed by atoms with van der Waals surface area (Å²) in [5.74, 6) is -10.2. The zero-order valence-corrected chi connectivity index (χ0v) is 19.6. The third-order valence-corrected chi connectivity index (χ3v) is 6.54. The smallest absolute Gasteiger partial charge is 0.869 e. The van der Waals surface area contributed by atoms with Crippen LogP contribution < -0.4 is 10.2 Å². The molecule has 0 saturated heterocycles. The summed E-state index contributed by atoms with van der Waals surface area (Å²) < 4.78 is 69.1. The summed E-state index contributed by atoms with van der Waals surface area (Å²) in [4.78, 5) is 14.7. The Morgan fingerprint density at radius 3 is 1.12 bits per heavy atom. The van der Waals surface area contributed by atoms with Gasteiger partial charge in [-0.15, -0.1) is 0 Å². The first-order valence-corrected chi connectivity index (χ1v) is 10.4. The van der Waals surface area contributed by atoms with Crippen molar-refractivity contribution in [3.63, 3.8) is 0 Å². The number of hydrogen-bond acceptors (Lipinski definition) is 16. The Balaban J connectivity index is 0.000000602. The van der Waals surface area contributed by atoms with Crippen molar-refractivity contribution >= 4 is 69.9 Å². The molecule has 184 valence electrons. The monoisotopic (exact) mass is 550 g/mol. The van der Waals surface area contributed by atoms with Gasteiger partial charge in [-0.3, -0.25) is 9.11 Å². The summed E-state index contributed by atoms with van der Waals surface area (Å²) in [6.45, 7) is -2.57. The van der Waals surface area contributed by atoms with Crippen LogP contribution in [-0.4, -0.2) is 142 Å². The number of ether oxygens (including phenoxy) is 2. The summed E-state index contributed by atoms with van der Waals surface area (Å²) in [5.41, 5.74) is 0. The molecule has 0 unspecified atom stereocenters. The van der Waals surface area contributed by atoms with Gasteiger partial charge in [-0.25, -0.2) is 9.59 Å². The van der Waals surface area contributed by atoms with E-state index in [0.29, 0.717) is 0 Å². The maximum atomic E-state index is 11.2. The zero-order valence-electron chi connectivity index (χ0n) is 15.8. The molecule has 0 aromatic carbocycles. The maximum absolute atomic E-state index is 11.2. The number of hydrogen-bond donors (Lipinski definition) is 8. The fourth-order valence-corrected chi connectivity index (χ4v) is 4.20. The summed E-state index contributed by atoms with van der Waals surface area (Å²) in [6, 6.07) is 0. The minimum atomic E-state index is -5.37. The van der Waals surface area contributed by atoms with Crippen LogP contribution in [0.25, 0.3) is 0 Å². The van der Waals surface area contributed by atoms with Gasteiger partial charge in [0.1, 0.15) is 12.2 Å². The second-order valence-corrected chi connectivity index (χ2v) is 8.93. The van der Waals surface area contributed by atoms with E-state index in [0.717, 1.165) is 0 Å². The van der Waals surface area contributed by atoms with Crippen LogP contribution in [0.2, 0.25) is 0 Å². The molecule has 0 amide bonds. The van der Waals surface area contributed by atoms with Gasteiger partial charge in [-0.1, -0.05) is 0 Å². The van der Waals surface area contributed by atoms with E-state index in [1.165, 1.54) is 0 Å². The maximum Gasteiger partial charge on any atom is 2.00 e. The largest absolute Gasteiger partial charge is 2.00 e. The zero-order chi connectivity index (χ0) is 25.4. The van der Waals surface area contributed by atoms with E-state index < -0.39 is 90.5 Å². The van der Waals surface area contributed by atoms with Crippen LogP contribution in [-0.2, 0) is 39.3 Å². The molecule has 2 aliphatic heterocycles. The van der Waals surface area contributed by atoms with Gasteiger partial charge in [-0.2, -0.15) is 16.8 Å². The average molecular weight is 550 g/mol. The predicted octanol–water partition coefficient (Wildman–Crippen LogP) is -7.16. The molecule has 0 fully saturated rings. The van der Waals surface area contributed by atoms with Crippen molar-refractivity contribution in [3.05, 3.63) is 23.0 Å². The van der Waals surface area contributed by atoms with Gasteiger partial charge in [0.05, 0.1) is 13.2 Å². The minimum absolute atomic E-state index is 0. The molecular weight excluding hydrogens is 536 g/mol. The fraction of sp³-hybridized carbons (Fsp3) is 0.500. The number of aliphatic hydroxyl groups excluding tert-OH is 6. The minimum Gasteiger partial charge on any atom is -0.869 e. The van der Waals surface area contributed by atoms with Crippen LogP contribution in [0, 0.1) is 0 Å². The molecule has 0 spiro atoms. The van der Waals surface area contributed by atoms with Gasteiger partial charge in [-0.05, 0) is 11.5 Å². The summed E-state index contributed by atoms with van der Waals surface area (Å²) in [5, 5.41) is 75.5. The van der Waals surface area contributed by atoms with Crippen molar-refractivity contribution in [1.29, 1.82) is 0 Å². The predicted molar refractivity (Wildman–Crippen MR) is 92.0 cm³/mol. The van der Waals surface area contributed by atoms with Crippen molar-refractivity contribution < 1.29 is 85.9 Å². The first kappa shape index (κ1) is 31.5. The third-order valence-electron chi connectivity index (χ3n) is 3.93. The molecule has 0 saturated carbocycles. The van der Waals surface area contributed by atoms with Gasteiger partial charge in [0, 0.05) is 0 Å². The normalized spacial score (nSPS) is 27.2. The van der Waals surface area contributed by atoms with Crippen molar-refractivity contribution in [2.75, 3.05) is 13.2 Å². The number of cyclic esters (lactones) is 2. The second kappa shape index (κ2) is 10.4. The third kappa shape index (κ3) is 5.00. The van der Waals surface area contributed by atoms with E-state index in [1.54, 1.807) is 0 Å². The number of carbonyl (C=O) groups is 2. The summed E-state index contributed by atoms with van der Waals surface area (Å²) in [6.07, 6.45) is -4.83. The Morgan fingerprint density at radius 1 is 0.758 bits per heavy atom. The van der Waals surface area contributed by atoms with Crippen LogP contribution in [0.1, 0.15) is 0 Å². The topological polar surface area (TPSA) is 329 Å². The molecule has 21 heteroatoms. The number of carbonyl (C=O) groups excluding carboxylic acids is 2. The van der Waals surface area contributed by atoms with E-state index in [2.05, 4.69) is 9.47 Å². The molecular formula is C12H14CaO18S2. The molecule has 8 N–H and O–H groups in total. The molecule has 33 heavy (non-hydrogen) atoms. The van der Waals surface area contributed by atoms with Crippen molar-refractivity contribution in [3.8, 4) is 0 Å². The van der Waals surface area contributed by atoms with Crippen molar-refractivity contribution in [1.82, 2.24) is 0 Å². The van der Waals surface area contributed by atoms with Gasteiger partial charge in [0.25, 0.3) is 9.87 Å². The van der Waals surface area contributed by atoms with Gasteiger partial charge >= 0.3 is 69.9 Å². The Bertz CT molecular complexity index is 990. The molecule has 2 heterocycles. The van der Waals surface area contributed by atoms with E-state index >= 15 is 0 Å². The average Bonchev–Trinajstić information content (AvgIpc) is 3.07. The molecule has 0 radical (unpaired) electrons. The molecule has 0 aromatic heterocycles. The van der Waals surface area contributed by atoms with E-state index in [1.807, 2.05) is 0 Å². The van der Waals surface area contributed by atoms with Crippen LogP contribution in [0.15, 0.2) is 23.0 Å². The van der Waals surface area contributed by atoms with E-state index in [-0.39, 0.29) is 37.7 Å². The van der Waals surface area contributed by atoms with Crippen LogP contribution in [0.4, 0.5) is 0 Å². The summed E-state index contributed by atoms with van der Waals surface area (Å²) in [7, 11) is -10.7. The Kier molecular flexibility index (Phi) is 9.97. The van der Waals surface area contributed by atoms with Gasteiger partial charge in [0.2, 0.25) is 0 Å². The molecule has 2 rings (SSSR count). The van der Waals surface area contributed by atoms with Gasteiger partial charge < -0.3 is 50.3 Å². The van der Waals surface area contributed by atoms with Crippen molar-refractivity contribution in [2.45, 2.75) is 22.1 Å². The first-order valence-electron chi connectivity index (χ1n) is 7.56. The fourth-order valence-electron chi connectivity index (χ4n) is 2.34. The number of aliphatic hydroxyl groups is 6. The quantitative estimate of drug-likeness (QED) is 0.0864. The number of rotatable bonds is 6.